The van der Waals surface area contributed by atoms with Crippen LogP contribution in [0.15, 0.2) is 29.3 Å². The van der Waals surface area contributed by atoms with Crippen LogP contribution in [0.1, 0.15) is 32.8 Å². The molecule has 0 bridgehead atoms. The molecule has 1 aromatic carbocycles. The Balaban J connectivity index is 2.60. The first-order chi connectivity index (χ1) is 9.33. The first kappa shape index (κ1) is 16.8. The number of hydrogen-bond acceptors (Lipinski definition) is 2. The molecule has 0 amide bonds. The van der Waals surface area contributed by atoms with Gasteiger partial charge in [0, 0.05) is 17.1 Å². The highest BCUT2D eigenvalue weighted by Crippen LogP contribution is 2.27. The molecule has 0 saturated heterocycles. The molecule has 0 aliphatic rings. The molecule has 4 nitrogen and oxygen atoms in total. The van der Waals surface area contributed by atoms with E-state index in [9.17, 15) is 5.11 Å². The molecule has 0 heterocycles. The van der Waals surface area contributed by atoms with Crippen molar-refractivity contribution in [3.63, 3.8) is 0 Å². The van der Waals surface area contributed by atoms with Crippen molar-refractivity contribution in [2.24, 2.45) is 16.6 Å². The van der Waals surface area contributed by atoms with Crippen LogP contribution in [0.4, 0.5) is 0 Å². The van der Waals surface area contributed by atoms with Gasteiger partial charge in [-0.2, -0.15) is 0 Å². The van der Waals surface area contributed by atoms with Gasteiger partial charge >= 0.3 is 0 Å². The largest absolute Gasteiger partial charge is 0.383 e. The average Bonchev–Trinajstić information content (AvgIpc) is 2.36. The Hall–Kier alpha value is -1.26. The van der Waals surface area contributed by atoms with Gasteiger partial charge in [-0.25, -0.2) is 0 Å². The number of benzene rings is 1. The molecule has 1 aromatic rings. The maximum Gasteiger partial charge on any atom is 0.188 e. The van der Waals surface area contributed by atoms with Crippen molar-refractivity contribution in [2.75, 3.05) is 13.1 Å². The van der Waals surface area contributed by atoms with E-state index in [-0.39, 0.29) is 6.54 Å². The van der Waals surface area contributed by atoms with Gasteiger partial charge in [-0.15, -0.1) is 0 Å². The monoisotopic (exact) mass is 297 g/mol. The molecular formula is C15H24ClN3O. The van der Waals surface area contributed by atoms with Crippen molar-refractivity contribution in [1.29, 1.82) is 0 Å². The zero-order valence-electron chi connectivity index (χ0n) is 12.4. The summed E-state index contributed by atoms with van der Waals surface area (Å²) < 4.78 is 0. The summed E-state index contributed by atoms with van der Waals surface area (Å²) >= 11 is 6.09. The number of hydrogen-bond donors (Lipinski definition) is 3. The van der Waals surface area contributed by atoms with E-state index in [1.807, 2.05) is 12.1 Å². The fourth-order valence-corrected chi connectivity index (χ4v) is 2.11. The number of halogens is 1. The molecule has 0 spiro atoms. The van der Waals surface area contributed by atoms with E-state index < -0.39 is 5.60 Å². The summed E-state index contributed by atoms with van der Waals surface area (Å²) in [6.07, 6.45) is 1.02. The number of aliphatic imine (C=N–C) groups is 1. The van der Waals surface area contributed by atoms with Gasteiger partial charge in [-0.1, -0.05) is 43.6 Å². The predicted molar refractivity (Wildman–Crippen MR) is 85.0 cm³/mol. The second-order valence-corrected chi connectivity index (χ2v) is 5.97. The number of nitrogens with one attached hydrogen (secondary N) is 1. The lowest BCUT2D eigenvalue weighted by Gasteiger charge is -2.23. The summed E-state index contributed by atoms with van der Waals surface area (Å²) in [7, 11) is 0. The van der Waals surface area contributed by atoms with Crippen molar-refractivity contribution in [3.8, 4) is 0 Å². The van der Waals surface area contributed by atoms with Crippen molar-refractivity contribution in [2.45, 2.75) is 32.8 Å². The highest BCUT2D eigenvalue weighted by molar-refractivity contribution is 6.31. The number of guanidine groups is 1. The Morgan fingerprint density at radius 2 is 2.10 bits per heavy atom. The minimum Gasteiger partial charge on any atom is -0.383 e. The average molecular weight is 298 g/mol. The van der Waals surface area contributed by atoms with Gasteiger partial charge in [-0.05, 0) is 25.3 Å². The minimum absolute atomic E-state index is 0.164. The Morgan fingerprint density at radius 1 is 1.45 bits per heavy atom. The van der Waals surface area contributed by atoms with Crippen molar-refractivity contribution < 1.29 is 5.11 Å². The quantitative estimate of drug-likeness (QED) is 0.558. The normalized spacial score (nSPS) is 15.2. The maximum absolute atomic E-state index is 10.5. The third-order valence-corrected chi connectivity index (χ3v) is 3.37. The molecule has 1 atom stereocenters. The fourth-order valence-electron chi connectivity index (χ4n) is 1.77. The maximum atomic E-state index is 10.5. The lowest BCUT2D eigenvalue weighted by atomic mass is 9.96. The number of nitrogens with two attached hydrogens (primary N) is 1. The van der Waals surface area contributed by atoms with E-state index in [0.29, 0.717) is 22.5 Å². The standard InChI is InChI=1S/C15H24ClN3O/c1-11(2)8-9-18-14(17)19-10-15(3,20)12-6-4-5-7-13(12)16/h4-7,11,20H,8-10H2,1-3H3,(H3,17,18,19). The predicted octanol–water partition coefficient (Wildman–Crippen LogP) is 2.50. The van der Waals surface area contributed by atoms with Crippen molar-refractivity contribution >= 4 is 17.6 Å². The Morgan fingerprint density at radius 3 is 2.70 bits per heavy atom. The van der Waals surface area contributed by atoms with Crippen LogP contribution in [0.25, 0.3) is 0 Å². The second-order valence-electron chi connectivity index (χ2n) is 5.56. The van der Waals surface area contributed by atoms with Gasteiger partial charge in [-0.3, -0.25) is 4.99 Å². The van der Waals surface area contributed by atoms with E-state index in [1.165, 1.54) is 0 Å². The molecule has 5 heteroatoms. The van der Waals surface area contributed by atoms with E-state index in [4.69, 9.17) is 17.3 Å². The van der Waals surface area contributed by atoms with Crippen LogP contribution in [0, 0.1) is 5.92 Å². The molecule has 20 heavy (non-hydrogen) atoms. The van der Waals surface area contributed by atoms with Gasteiger partial charge in [0.15, 0.2) is 5.96 Å². The van der Waals surface area contributed by atoms with Gasteiger partial charge in [0.1, 0.15) is 5.60 Å². The van der Waals surface area contributed by atoms with Crippen LogP contribution in [-0.4, -0.2) is 24.2 Å². The summed E-state index contributed by atoms with van der Waals surface area (Å²) in [6, 6.07) is 7.20. The summed E-state index contributed by atoms with van der Waals surface area (Å²) in [5.74, 6) is 0.958. The van der Waals surface area contributed by atoms with Crippen LogP contribution in [0.3, 0.4) is 0 Å². The van der Waals surface area contributed by atoms with E-state index in [1.54, 1.807) is 19.1 Å². The van der Waals surface area contributed by atoms with Crippen LogP contribution in [0.2, 0.25) is 5.02 Å². The first-order valence-electron chi connectivity index (χ1n) is 6.84. The molecule has 1 unspecified atom stereocenters. The molecule has 1 rings (SSSR count). The van der Waals surface area contributed by atoms with Crippen LogP contribution < -0.4 is 11.1 Å². The molecular weight excluding hydrogens is 274 g/mol. The van der Waals surface area contributed by atoms with Crippen molar-refractivity contribution in [3.05, 3.63) is 34.9 Å². The van der Waals surface area contributed by atoms with Gasteiger partial charge < -0.3 is 16.2 Å². The smallest absolute Gasteiger partial charge is 0.188 e. The van der Waals surface area contributed by atoms with Crippen molar-refractivity contribution in [1.82, 2.24) is 5.32 Å². The zero-order chi connectivity index (χ0) is 15.2. The fraction of sp³-hybridized carbons (Fsp3) is 0.533. The molecule has 0 aromatic heterocycles. The highest BCUT2D eigenvalue weighted by atomic mass is 35.5. The minimum atomic E-state index is -1.14. The number of nitrogens with zero attached hydrogens (tertiary/aromatic N) is 1. The van der Waals surface area contributed by atoms with E-state index in [2.05, 4.69) is 24.2 Å². The Bertz CT molecular complexity index is 458. The second kappa shape index (κ2) is 7.50. The molecule has 112 valence electrons. The third kappa shape index (κ3) is 5.39. The molecule has 0 fully saturated rings. The molecule has 0 aliphatic carbocycles. The summed E-state index contributed by atoms with van der Waals surface area (Å²) in [5.41, 5.74) is 5.29. The van der Waals surface area contributed by atoms with Crippen LogP contribution in [-0.2, 0) is 5.60 Å². The van der Waals surface area contributed by atoms with Crippen LogP contribution >= 0.6 is 11.6 Å². The van der Waals surface area contributed by atoms with Crippen LogP contribution in [0.5, 0.6) is 0 Å². The Kier molecular flexibility index (Phi) is 6.30. The number of rotatable bonds is 6. The molecule has 0 radical (unpaired) electrons. The van der Waals surface area contributed by atoms with E-state index in [0.717, 1.165) is 13.0 Å². The third-order valence-electron chi connectivity index (χ3n) is 3.04. The summed E-state index contributed by atoms with van der Waals surface area (Å²) in [4.78, 5) is 4.18. The molecule has 0 aliphatic heterocycles. The summed E-state index contributed by atoms with van der Waals surface area (Å²) in [5, 5.41) is 14.0. The SMILES string of the molecule is CC(C)CCNC(N)=NCC(C)(O)c1ccccc1Cl. The zero-order valence-corrected chi connectivity index (χ0v) is 13.1. The first-order valence-corrected chi connectivity index (χ1v) is 7.22. The lowest BCUT2D eigenvalue weighted by Crippen LogP contribution is -2.35. The topological polar surface area (TPSA) is 70.6 Å². The van der Waals surface area contributed by atoms with Gasteiger partial charge in [0.2, 0.25) is 0 Å². The summed E-state index contributed by atoms with van der Waals surface area (Å²) in [6.45, 7) is 6.92. The lowest BCUT2D eigenvalue weighted by molar-refractivity contribution is 0.0674. The Labute approximate surface area is 126 Å². The highest BCUT2D eigenvalue weighted by Gasteiger charge is 2.25. The van der Waals surface area contributed by atoms with E-state index >= 15 is 0 Å². The number of aliphatic hydroxyl groups is 1. The van der Waals surface area contributed by atoms with Gasteiger partial charge in [0.25, 0.3) is 0 Å². The van der Waals surface area contributed by atoms with Gasteiger partial charge in [0.05, 0.1) is 6.54 Å². The molecule has 0 saturated carbocycles. The molecule has 4 N–H and O–H groups in total.